The van der Waals surface area contributed by atoms with Crippen LogP contribution in [0, 0.1) is 24.1 Å². The Kier molecular flexibility index (Phi) is 7.12. The molecule has 0 saturated carbocycles. The van der Waals surface area contributed by atoms with Crippen LogP contribution in [0.1, 0.15) is 76.2 Å². The van der Waals surface area contributed by atoms with Crippen LogP contribution in [0.25, 0.3) is 0 Å². The summed E-state index contributed by atoms with van der Waals surface area (Å²) in [7, 11) is 0. The molecule has 1 atom stereocenters. The van der Waals surface area contributed by atoms with Gasteiger partial charge in [-0.2, -0.15) is 0 Å². The molecule has 3 nitrogen and oxygen atoms in total. The van der Waals surface area contributed by atoms with E-state index < -0.39 is 11.2 Å². The van der Waals surface area contributed by atoms with Crippen molar-refractivity contribution < 1.29 is 14.0 Å². The van der Waals surface area contributed by atoms with Crippen LogP contribution in [0.5, 0.6) is 0 Å². The van der Waals surface area contributed by atoms with Gasteiger partial charge in [-0.15, -0.1) is 0 Å². The normalized spacial score (nSPS) is 12.8. The third-order valence-electron chi connectivity index (χ3n) is 4.26. The molecule has 0 radical (unpaired) electrons. The van der Waals surface area contributed by atoms with Crippen LogP contribution >= 0.6 is 0 Å². The average Bonchev–Trinajstić information content (AvgIpc) is 2.49. The molecular weight excluding hydrogens is 305 g/mol. The van der Waals surface area contributed by atoms with Crippen molar-refractivity contribution in [3.63, 3.8) is 0 Å². The standard InChI is InChI=1S/C20H30FNO2/c1-7-9-10-14(8-2)18(23)15-11-13(3)17(16(21)12-15)22-19(24)20(4,5)6/h11-12,14H,7-10H2,1-6H3,(H,22,24). The maximum atomic E-state index is 14.5. The largest absolute Gasteiger partial charge is 0.323 e. The summed E-state index contributed by atoms with van der Waals surface area (Å²) in [6, 6.07) is 2.93. The zero-order valence-corrected chi connectivity index (χ0v) is 15.8. The van der Waals surface area contributed by atoms with E-state index in [1.54, 1.807) is 33.8 Å². The fraction of sp³-hybridized carbons (Fsp3) is 0.600. The molecule has 24 heavy (non-hydrogen) atoms. The number of carbonyl (C=O) groups is 2. The summed E-state index contributed by atoms with van der Waals surface area (Å²) in [5.74, 6) is -0.889. The summed E-state index contributed by atoms with van der Waals surface area (Å²) in [6.45, 7) is 11.1. The van der Waals surface area contributed by atoms with Gasteiger partial charge in [-0.3, -0.25) is 9.59 Å². The Balaban J connectivity index is 3.06. The van der Waals surface area contributed by atoms with E-state index in [1.165, 1.54) is 6.07 Å². The molecule has 134 valence electrons. The molecule has 0 heterocycles. The first-order valence-electron chi connectivity index (χ1n) is 8.77. The van der Waals surface area contributed by atoms with E-state index in [9.17, 15) is 14.0 Å². The first kappa shape index (κ1) is 20.3. The predicted molar refractivity (Wildman–Crippen MR) is 96.9 cm³/mol. The average molecular weight is 335 g/mol. The monoisotopic (exact) mass is 335 g/mol. The second kappa shape index (κ2) is 8.41. The Bertz CT molecular complexity index is 579. The van der Waals surface area contributed by atoms with Gasteiger partial charge in [-0.25, -0.2) is 4.39 Å². The molecule has 0 saturated heterocycles. The molecule has 1 amide bonds. The van der Waals surface area contributed by atoms with E-state index in [2.05, 4.69) is 12.2 Å². The van der Waals surface area contributed by atoms with E-state index in [-0.39, 0.29) is 23.3 Å². The molecular formula is C20H30FNO2. The molecule has 0 aliphatic carbocycles. The van der Waals surface area contributed by atoms with Crippen molar-refractivity contribution in [3.05, 3.63) is 29.1 Å². The number of halogens is 1. The van der Waals surface area contributed by atoms with Crippen molar-refractivity contribution in [2.75, 3.05) is 5.32 Å². The fourth-order valence-electron chi connectivity index (χ4n) is 2.55. The highest BCUT2D eigenvalue weighted by Gasteiger charge is 2.24. The van der Waals surface area contributed by atoms with E-state index >= 15 is 0 Å². The summed E-state index contributed by atoms with van der Waals surface area (Å²) in [5, 5.41) is 2.64. The Labute approximate surface area is 145 Å². The summed E-state index contributed by atoms with van der Waals surface area (Å²) in [5.41, 5.74) is 0.511. The summed E-state index contributed by atoms with van der Waals surface area (Å²) >= 11 is 0. The van der Waals surface area contributed by atoms with Gasteiger partial charge >= 0.3 is 0 Å². The second-order valence-electron chi connectivity index (χ2n) is 7.47. The molecule has 0 aliphatic heterocycles. The first-order valence-corrected chi connectivity index (χ1v) is 8.77. The number of aryl methyl sites for hydroxylation is 1. The highest BCUT2D eigenvalue weighted by molar-refractivity contribution is 6.00. The number of nitrogens with one attached hydrogen (secondary N) is 1. The van der Waals surface area contributed by atoms with Crippen LogP contribution in [0.15, 0.2) is 12.1 Å². The van der Waals surface area contributed by atoms with Gasteiger partial charge in [-0.05, 0) is 37.5 Å². The lowest BCUT2D eigenvalue weighted by atomic mass is 9.89. The maximum Gasteiger partial charge on any atom is 0.229 e. The molecule has 4 heteroatoms. The SMILES string of the molecule is CCCCC(CC)C(=O)c1cc(C)c(NC(=O)C(C)(C)C)c(F)c1. The van der Waals surface area contributed by atoms with Gasteiger partial charge in [0, 0.05) is 16.9 Å². The number of carbonyl (C=O) groups excluding carboxylic acids is 2. The predicted octanol–water partition coefficient (Wildman–Crippen LogP) is 5.52. The highest BCUT2D eigenvalue weighted by atomic mass is 19.1. The molecule has 1 rings (SSSR count). The molecule has 0 fully saturated rings. The van der Waals surface area contributed by atoms with Crippen LogP contribution in [0.3, 0.4) is 0 Å². The first-order chi connectivity index (χ1) is 11.1. The molecule has 0 aliphatic rings. The minimum Gasteiger partial charge on any atom is -0.323 e. The van der Waals surface area contributed by atoms with Gasteiger partial charge in [0.05, 0.1) is 5.69 Å². The van der Waals surface area contributed by atoms with Crippen LogP contribution in [-0.4, -0.2) is 11.7 Å². The van der Waals surface area contributed by atoms with Crippen molar-refractivity contribution in [2.24, 2.45) is 11.3 Å². The number of benzene rings is 1. The highest BCUT2D eigenvalue weighted by Crippen LogP contribution is 2.27. The number of amides is 1. The number of anilines is 1. The van der Waals surface area contributed by atoms with Crippen molar-refractivity contribution in [2.45, 2.75) is 67.2 Å². The van der Waals surface area contributed by atoms with Gasteiger partial charge < -0.3 is 5.32 Å². The summed E-state index contributed by atoms with van der Waals surface area (Å²) in [6.07, 6.45) is 3.61. The van der Waals surface area contributed by atoms with Crippen LogP contribution in [0.4, 0.5) is 10.1 Å². The molecule has 1 aromatic carbocycles. The third kappa shape index (κ3) is 5.15. The lowest BCUT2D eigenvalue weighted by molar-refractivity contribution is -0.123. The van der Waals surface area contributed by atoms with Gasteiger partial charge in [0.2, 0.25) is 5.91 Å². The second-order valence-corrected chi connectivity index (χ2v) is 7.47. The topological polar surface area (TPSA) is 46.2 Å². The molecule has 0 spiro atoms. The Morgan fingerprint density at radius 3 is 2.29 bits per heavy atom. The molecule has 0 bridgehead atoms. The fourth-order valence-corrected chi connectivity index (χ4v) is 2.55. The van der Waals surface area contributed by atoms with Crippen molar-refractivity contribution in [1.82, 2.24) is 0 Å². The van der Waals surface area contributed by atoms with Crippen molar-refractivity contribution in [3.8, 4) is 0 Å². The lowest BCUT2D eigenvalue weighted by Gasteiger charge is -2.20. The van der Waals surface area contributed by atoms with Crippen molar-refractivity contribution >= 4 is 17.4 Å². The molecule has 1 unspecified atom stereocenters. The molecule has 1 aromatic rings. The summed E-state index contributed by atoms with van der Waals surface area (Å²) < 4.78 is 14.5. The van der Waals surface area contributed by atoms with E-state index in [4.69, 9.17) is 0 Å². The van der Waals surface area contributed by atoms with E-state index in [1.807, 2.05) is 6.92 Å². The van der Waals surface area contributed by atoms with Crippen LogP contribution in [0.2, 0.25) is 0 Å². The Morgan fingerprint density at radius 2 is 1.83 bits per heavy atom. The maximum absolute atomic E-state index is 14.5. The Morgan fingerprint density at radius 1 is 1.21 bits per heavy atom. The van der Waals surface area contributed by atoms with E-state index in [0.717, 1.165) is 25.7 Å². The quantitative estimate of drug-likeness (QED) is 0.667. The van der Waals surface area contributed by atoms with Crippen LogP contribution in [-0.2, 0) is 4.79 Å². The van der Waals surface area contributed by atoms with Crippen molar-refractivity contribution in [1.29, 1.82) is 0 Å². The van der Waals surface area contributed by atoms with Crippen LogP contribution < -0.4 is 5.32 Å². The number of ketones is 1. The third-order valence-corrected chi connectivity index (χ3v) is 4.26. The van der Waals surface area contributed by atoms with E-state index in [0.29, 0.717) is 11.1 Å². The minimum absolute atomic E-state index is 0.0124. The van der Waals surface area contributed by atoms with Gasteiger partial charge in [0.25, 0.3) is 0 Å². The summed E-state index contributed by atoms with van der Waals surface area (Å²) in [4.78, 5) is 24.7. The smallest absolute Gasteiger partial charge is 0.229 e. The zero-order chi connectivity index (χ0) is 18.5. The van der Waals surface area contributed by atoms with Gasteiger partial charge in [0.1, 0.15) is 5.82 Å². The zero-order valence-electron chi connectivity index (χ0n) is 15.8. The number of unbranched alkanes of at least 4 members (excludes halogenated alkanes) is 1. The molecule has 0 aromatic heterocycles. The number of hydrogen-bond donors (Lipinski definition) is 1. The van der Waals surface area contributed by atoms with Gasteiger partial charge in [-0.1, -0.05) is 47.5 Å². The number of rotatable bonds is 7. The Hall–Kier alpha value is -1.71. The molecule has 1 N–H and O–H groups in total. The minimum atomic E-state index is -0.610. The van der Waals surface area contributed by atoms with Gasteiger partial charge in [0.15, 0.2) is 5.78 Å². The number of hydrogen-bond acceptors (Lipinski definition) is 2. The lowest BCUT2D eigenvalue weighted by Crippen LogP contribution is -2.28. The number of Topliss-reactive ketones (excluding diaryl/α,β-unsaturated/α-hetero) is 1.